The molecule has 1 aromatic carbocycles. The number of methoxy groups -OCH3 is 1. The highest BCUT2D eigenvalue weighted by atomic mass is 35.5. The molecule has 2 aliphatic rings. The van der Waals surface area contributed by atoms with Gasteiger partial charge in [-0.15, -0.1) is 0 Å². The molecular weight excluding hydrogens is 485 g/mol. The molecule has 1 spiro atoms. The summed E-state index contributed by atoms with van der Waals surface area (Å²) in [7, 11) is 1.61. The fourth-order valence-corrected chi connectivity index (χ4v) is 5.83. The molecule has 3 aromatic rings. The van der Waals surface area contributed by atoms with E-state index in [2.05, 4.69) is 15.4 Å². The number of piperidine rings is 1. The minimum atomic E-state index is -0.421. The molecule has 1 aliphatic carbocycles. The Bertz CT molecular complexity index is 1320. The number of amides is 2. The normalized spacial score (nSPS) is 22.4. The van der Waals surface area contributed by atoms with Gasteiger partial charge < -0.3 is 15.0 Å². The van der Waals surface area contributed by atoms with Gasteiger partial charge in [-0.2, -0.15) is 5.10 Å². The molecule has 0 bridgehead atoms. The summed E-state index contributed by atoms with van der Waals surface area (Å²) in [6.07, 6.45) is 6.17. The fourth-order valence-electron chi connectivity index (χ4n) is 5.56. The third-order valence-electron chi connectivity index (χ3n) is 7.51. The van der Waals surface area contributed by atoms with E-state index in [1.807, 2.05) is 13.0 Å². The molecule has 5 rings (SSSR count). The zero-order valence-corrected chi connectivity index (χ0v) is 21.1. The van der Waals surface area contributed by atoms with Crippen molar-refractivity contribution in [3.05, 3.63) is 58.3 Å². The minimum Gasteiger partial charge on any atom is -0.378 e. The van der Waals surface area contributed by atoms with Crippen molar-refractivity contribution in [3.63, 3.8) is 0 Å². The van der Waals surface area contributed by atoms with Crippen molar-refractivity contribution in [3.8, 4) is 0 Å². The molecule has 2 fully saturated rings. The molecule has 0 unspecified atom stereocenters. The van der Waals surface area contributed by atoms with Gasteiger partial charge in [0.05, 0.1) is 29.2 Å². The van der Waals surface area contributed by atoms with Gasteiger partial charge in [-0.25, -0.2) is 13.9 Å². The molecule has 1 N–H and O–H groups in total. The van der Waals surface area contributed by atoms with Crippen LogP contribution in [0, 0.1) is 18.2 Å². The van der Waals surface area contributed by atoms with Gasteiger partial charge in [-0.3, -0.25) is 9.59 Å². The van der Waals surface area contributed by atoms with Crippen molar-refractivity contribution >= 4 is 34.7 Å². The summed E-state index contributed by atoms with van der Waals surface area (Å²) in [5, 5.41) is 7.73. The number of aryl methyl sites for hydroxylation is 1. The standard InChI is InChI=1S/C26H29ClFN5O3/c1-16-11-19(15-36-2)30-24-20(14-29-33(16)24)25(35)31-18-5-7-26(8-6-18)9-10-32(23(34)13-26)22-4-3-17(28)12-21(22)27/h3-4,11-12,14,18H,5-10,13,15H2,1-2H3,(H,31,35)/t18-,26+. The van der Waals surface area contributed by atoms with Crippen LogP contribution >= 0.6 is 11.6 Å². The molecule has 36 heavy (non-hydrogen) atoms. The van der Waals surface area contributed by atoms with E-state index in [0.29, 0.717) is 36.5 Å². The van der Waals surface area contributed by atoms with Gasteiger partial charge in [0.1, 0.15) is 11.4 Å². The van der Waals surface area contributed by atoms with Gasteiger partial charge in [0.15, 0.2) is 5.65 Å². The lowest BCUT2D eigenvalue weighted by Crippen LogP contribution is -2.48. The van der Waals surface area contributed by atoms with Crippen LogP contribution in [0.15, 0.2) is 30.5 Å². The number of nitrogens with one attached hydrogen (secondary N) is 1. The second-order valence-electron chi connectivity index (χ2n) is 9.93. The Morgan fingerprint density at radius 3 is 2.75 bits per heavy atom. The Kier molecular flexibility index (Phi) is 6.70. The smallest absolute Gasteiger partial charge is 0.256 e. The summed E-state index contributed by atoms with van der Waals surface area (Å²) >= 11 is 6.19. The van der Waals surface area contributed by atoms with E-state index in [4.69, 9.17) is 16.3 Å². The molecule has 1 saturated carbocycles. The maximum atomic E-state index is 13.4. The Hall–Kier alpha value is -3.04. The first-order valence-electron chi connectivity index (χ1n) is 12.2. The van der Waals surface area contributed by atoms with Crippen molar-refractivity contribution in [2.45, 2.75) is 58.1 Å². The quantitative estimate of drug-likeness (QED) is 0.544. The van der Waals surface area contributed by atoms with E-state index in [1.54, 1.807) is 28.8 Å². The number of hydrogen-bond donors (Lipinski definition) is 1. The number of ether oxygens (including phenoxy) is 1. The highest BCUT2D eigenvalue weighted by Gasteiger charge is 2.42. The largest absolute Gasteiger partial charge is 0.378 e. The molecule has 2 aromatic heterocycles. The van der Waals surface area contributed by atoms with Crippen molar-refractivity contribution < 1.29 is 18.7 Å². The maximum absolute atomic E-state index is 13.4. The first-order chi connectivity index (χ1) is 17.3. The summed E-state index contributed by atoms with van der Waals surface area (Å²) < 4.78 is 20.3. The highest BCUT2D eigenvalue weighted by molar-refractivity contribution is 6.33. The second kappa shape index (κ2) is 9.78. The average molecular weight is 514 g/mol. The zero-order chi connectivity index (χ0) is 25.4. The van der Waals surface area contributed by atoms with Gasteiger partial charge in [0.25, 0.3) is 5.91 Å². The van der Waals surface area contributed by atoms with E-state index >= 15 is 0 Å². The lowest BCUT2D eigenvalue weighted by atomic mass is 9.66. The van der Waals surface area contributed by atoms with E-state index in [1.165, 1.54) is 12.1 Å². The van der Waals surface area contributed by atoms with Crippen LogP contribution in [0.4, 0.5) is 10.1 Å². The highest BCUT2D eigenvalue weighted by Crippen LogP contribution is 2.46. The van der Waals surface area contributed by atoms with Crippen LogP contribution in [-0.2, 0) is 16.1 Å². The summed E-state index contributed by atoms with van der Waals surface area (Å²) in [5.41, 5.74) is 3.07. The number of aromatic nitrogens is 3. The number of halogens is 2. The Balaban J connectivity index is 1.22. The molecule has 0 radical (unpaired) electrons. The summed E-state index contributed by atoms with van der Waals surface area (Å²) in [6.45, 7) is 2.83. The molecule has 3 heterocycles. The third kappa shape index (κ3) is 4.69. The number of benzene rings is 1. The van der Waals surface area contributed by atoms with E-state index < -0.39 is 5.82 Å². The van der Waals surface area contributed by atoms with E-state index in [0.717, 1.165) is 43.5 Å². The summed E-state index contributed by atoms with van der Waals surface area (Å²) in [4.78, 5) is 32.4. The van der Waals surface area contributed by atoms with Crippen LogP contribution in [0.25, 0.3) is 5.65 Å². The van der Waals surface area contributed by atoms with E-state index in [-0.39, 0.29) is 28.3 Å². The predicted molar refractivity (Wildman–Crippen MR) is 134 cm³/mol. The van der Waals surface area contributed by atoms with E-state index in [9.17, 15) is 14.0 Å². The van der Waals surface area contributed by atoms with Gasteiger partial charge >= 0.3 is 0 Å². The molecule has 2 amide bonds. The van der Waals surface area contributed by atoms with Crippen LogP contribution < -0.4 is 10.2 Å². The number of rotatable bonds is 5. The third-order valence-corrected chi connectivity index (χ3v) is 7.82. The SMILES string of the molecule is COCc1cc(C)n2ncc(C(=O)N[C@H]3CC[C@]4(CCN(c5ccc(F)cc5Cl)C(=O)C4)CC3)c2n1. The first-order valence-corrected chi connectivity index (χ1v) is 12.6. The molecule has 0 atom stereocenters. The summed E-state index contributed by atoms with van der Waals surface area (Å²) in [5.74, 6) is -0.600. The van der Waals surface area contributed by atoms with Crippen LogP contribution in [0.3, 0.4) is 0 Å². The van der Waals surface area contributed by atoms with Crippen LogP contribution in [-0.4, -0.2) is 46.1 Å². The number of hydrogen-bond acceptors (Lipinski definition) is 5. The second-order valence-corrected chi connectivity index (χ2v) is 10.3. The predicted octanol–water partition coefficient (Wildman–Crippen LogP) is 4.46. The minimum absolute atomic E-state index is 0.0110. The van der Waals surface area contributed by atoms with Gasteiger partial charge in [0, 0.05) is 31.8 Å². The lowest BCUT2D eigenvalue weighted by Gasteiger charge is -2.45. The molecule has 1 saturated heterocycles. The number of anilines is 1. The zero-order valence-electron chi connectivity index (χ0n) is 20.4. The lowest BCUT2D eigenvalue weighted by molar-refractivity contribution is -0.123. The Labute approximate surface area is 213 Å². The van der Waals surface area contributed by atoms with Crippen LogP contribution in [0.2, 0.25) is 5.02 Å². The van der Waals surface area contributed by atoms with Crippen molar-refractivity contribution in [2.24, 2.45) is 5.41 Å². The molecule has 10 heteroatoms. The molecular formula is C26H29ClFN5O3. The molecule has 1 aliphatic heterocycles. The number of nitrogens with zero attached hydrogens (tertiary/aromatic N) is 4. The number of carbonyl (C=O) groups excluding carboxylic acids is 2. The topological polar surface area (TPSA) is 88.8 Å². The Morgan fingerprint density at radius 1 is 1.28 bits per heavy atom. The monoisotopic (exact) mass is 513 g/mol. The van der Waals surface area contributed by atoms with Crippen molar-refractivity contribution in [1.82, 2.24) is 19.9 Å². The molecule has 190 valence electrons. The number of fused-ring (bicyclic) bond motifs is 1. The number of carbonyl (C=O) groups is 2. The maximum Gasteiger partial charge on any atom is 0.256 e. The van der Waals surface area contributed by atoms with Crippen LogP contribution in [0.5, 0.6) is 0 Å². The molecule has 8 nitrogen and oxygen atoms in total. The van der Waals surface area contributed by atoms with Gasteiger partial charge in [-0.1, -0.05) is 11.6 Å². The average Bonchev–Trinajstić information content (AvgIpc) is 3.27. The van der Waals surface area contributed by atoms with Crippen molar-refractivity contribution in [1.29, 1.82) is 0 Å². The Morgan fingerprint density at radius 2 is 2.06 bits per heavy atom. The summed E-state index contributed by atoms with van der Waals surface area (Å²) in [6, 6.07) is 6.05. The first kappa shape index (κ1) is 24.6. The van der Waals surface area contributed by atoms with Gasteiger partial charge in [0.2, 0.25) is 5.91 Å². The fraction of sp³-hybridized carbons (Fsp3) is 0.462. The van der Waals surface area contributed by atoms with Gasteiger partial charge in [-0.05, 0) is 68.7 Å². The van der Waals surface area contributed by atoms with Crippen LogP contribution in [0.1, 0.15) is 60.3 Å². The van der Waals surface area contributed by atoms with Crippen molar-refractivity contribution in [2.75, 3.05) is 18.6 Å².